The molecular formula is C16H22O3. The summed E-state index contributed by atoms with van der Waals surface area (Å²) < 4.78 is 5.78. The van der Waals surface area contributed by atoms with E-state index in [1.54, 1.807) is 12.1 Å². The van der Waals surface area contributed by atoms with Crippen LogP contribution >= 0.6 is 0 Å². The van der Waals surface area contributed by atoms with E-state index >= 15 is 0 Å². The van der Waals surface area contributed by atoms with Crippen molar-refractivity contribution in [3.05, 3.63) is 29.3 Å². The van der Waals surface area contributed by atoms with Gasteiger partial charge >= 0.3 is 5.97 Å². The Morgan fingerprint density at radius 1 is 1.32 bits per heavy atom. The minimum atomic E-state index is -0.892. The van der Waals surface area contributed by atoms with Gasteiger partial charge in [-0.25, -0.2) is 4.79 Å². The second-order valence-electron chi connectivity index (χ2n) is 5.64. The zero-order valence-electron chi connectivity index (χ0n) is 11.9. The Morgan fingerprint density at radius 3 is 2.42 bits per heavy atom. The van der Waals surface area contributed by atoms with E-state index in [4.69, 9.17) is 4.74 Å². The SMILES string of the molecule is CCC(C)(CC)c1cc(OC2CC2)cc(C(=O)O)c1. The molecule has 0 aliphatic heterocycles. The molecule has 0 amide bonds. The maximum absolute atomic E-state index is 11.3. The number of rotatable bonds is 6. The number of hydrogen-bond donors (Lipinski definition) is 1. The van der Waals surface area contributed by atoms with Gasteiger partial charge in [-0.15, -0.1) is 0 Å². The molecule has 2 rings (SSSR count). The molecule has 1 fully saturated rings. The van der Waals surface area contributed by atoms with Crippen molar-refractivity contribution in [2.24, 2.45) is 0 Å². The van der Waals surface area contributed by atoms with E-state index in [2.05, 4.69) is 20.8 Å². The second kappa shape index (κ2) is 5.24. The summed E-state index contributed by atoms with van der Waals surface area (Å²) in [5, 5.41) is 9.24. The van der Waals surface area contributed by atoms with Crippen molar-refractivity contribution in [2.75, 3.05) is 0 Å². The Bertz CT molecular complexity index is 471. The maximum atomic E-state index is 11.3. The van der Waals surface area contributed by atoms with Crippen molar-refractivity contribution in [2.45, 2.75) is 58.0 Å². The Labute approximate surface area is 114 Å². The first kappa shape index (κ1) is 13.9. The lowest BCUT2D eigenvalue weighted by Gasteiger charge is -2.28. The Morgan fingerprint density at radius 2 is 1.95 bits per heavy atom. The zero-order valence-corrected chi connectivity index (χ0v) is 11.9. The fourth-order valence-electron chi connectivity index (χ4n) is 2.18. The molecule has 19 heavy (non-hydrogen) atoms. The highest BCUT2D eigenvalue weighted by molar-refractivity contribution is 5.88. The smallest absolute Gasteiger partial charge is 0.335 e. The van der Waals surface area contributed by atoms with Crippen LogP contribution < -0.4 is 4.74 Å². The number of ether oxygens (including phenoxy) is 1. The molecule has 0 unspecified atom stereocenters. The molecule has 3 nitrogen and oxygen atoms in total. The van der Waals surface area contributed by atoms with E-state index in [0.717, 1.165) is 31.2 Å². The van der Waals surface area contributed by atoms with Gasteiger partial charge in [-0.1, -0.05) is 20.8 Å². The van der Waals surface area contributed by atoms with Gasteiger partial charge in [0, 0.05) is 0 Å². The van der Waals surface area contributed by atoms with Gasteiger partial charge in [-0.2, -0.15) is 0 Å². The van der Waals surface area contributed by atoms with E-state index in [9.17, 15) is 9.90 Å². The molecule has 0 aromatic heterocycles. The topological polar surface area (TPSA) is 46.5 Å². The van der Waals surface area contributed by atoms with Crippen LogP contribution in [-0.2, 0) is 5.41 Å². The summed E-state index contributed by atoms with van der Waals surface area (Å²) in [4.78, 5) is 11.3. The molecule has 1 aliphatic carbocycles. The fourth-order valence-corrected chi connectivity index (χ4v) is 2.18. The van der Waals surface area contributed by atoms with Crippen molar-refractivity contribution in [3.63, 3.8) is 0 Å². The van der Waals surface area contributed by atoms with Crippen LogP contribution in [0.4, 0.5) is 0 Å². The highest BCUT2D eigenvalue weighted by atomic mass is 16.5. The molecule has 0 spiro atoms. The molecule has 0 saturated heterocycles. The Kier molecular flexibility index (Phi) is 3.83. The minimum absolute atomic E-state index is 0.00706. The van der Waals surface area contributed by atoms with Gasteiger partial charge in [-0.05, 0) is 54.9 Å². The summed E-state index contributed by atoms with van der Waals surface area (Å²) in [7, 11) is 0. The molecule has 0 bridgehead atoms. The van der Waals surface area contributed by atoms with Crippen LogP contribution in [0.15, 0.2) is 18.2 Å². The monoisotopic (exact) mass is 262 g/mol. The molecule has 1 aromatic carbocycles. The average molecular weight is 262 g/mol. The average Bonchev–Trinajstić information content (AvgIpc) is 3.21. The summed E-state index contributed by atoms with van der Waals surface area (Å²) in [6, 6.07) is 5.43. The van der Waals surface area contributed by atoms with Gasteiger partial charge < -0.3 is 9.84 Å². The largest absolute Gasteiger partial charge is 0.490 e. The quantitative estimate of drug-likeness (QED) is 0.842. The molecule has 1 N–H and O–H groups in total. The molecular weight excluding hydrogens is 240 g/mol. The van der Waals surface area contributed by atoms with Crippen LogP contribution in [0.25, 0.3) is 0 Å². The van der Waals surface area contributed by atoms with Crippen LogP contribution in [-0.4, -0.2) is 17.2 Å². The number of carboxylic acids is 1. The fraction of sp³-hybridized carbons (Fsp3) is 0.562. The third-order valence-electron chi connectivity index (χ3n) is 4.24. The van der Waals surface area contributed by atoms with E-state index in [-0.39, 0.29) is 11.5 Å². The molecule has 1 aromatic rings. The minimum Gasteiger partial charge on any atom is -0.490 e. The molecule has 1 aliphatic rings. The normalized spacial score (nSPS) is 15.3. The van der Waals surface area contributed by atoms with Crippen molar-refractivity contribution >= 4 is 5.97 Å². The number of carboxylic acid groups (broad SMARTS) is 1. The molecule has 104 valence electrons. The summed E-state index contributed by atoms with van der Waals surface area (Å²) in [5.41, 5.74) is 1.39. The predicted molar refractivity (Wildman–Crippen MR) is 75.0 cm³/mol. The highest BCUT2D eigenvalue weighted by Crippen LogP contribution is 2.35. The lowest BCUT2D eigenvalue weighted by Crippen LogP contribution is -2.20. The van der Waals surface area contributed by atoms with Gasteiger partial charge in [0.05, 0.1) is 11.7 Å². The lowest BCUT2D eigenvalue weighted by atomic mass is 9.77. The van der Waals surface area contributed by atoms with Crippen LogP contribution in [0.3, 0.4) is 0 Å². The van der Waals surface area contributed by atoms with Gasteiger partial charge in [0.25, 0.3) is 0 Å². The maximum Gasteiger partial charge on any atom is 0.335 e. The second-order valence-corrected chi connectivity index (χ2v) is 5.64. The van der Waals surface area contributed by atoms with E-state index in [1.165, 1.54) is 0 Å². The number of carbonyl (C=O) groups is 1. The first-order valence-electron chi connectivity index (χ1n) is 7.04. The first-order chi connectivity index (χ1) is 8.98. The van der Waals surface area contributed by atoms with E-state index in [0.29, 0.717) is 11.3 Å². The molecule has 0 atom stereocenters. The summed E-state index contributed by atoms with van der Waals surface area (Å²) in [6.07, 6.45) is 4.40. The molecule has 1 saturated carbocycles. The van der Waals surface area contributed by atoms with E-state index < -0.39 is 5.97 Å². The first-order valence-corrected chi connectivity index (χ1v) is 7.04. The summed E-state index contributed by atoms with van der Waals surface area (Å²) in [5.74, 6) is -0.192. The predicted octanol–water partition coefficient (Wildman–Crippen LogP) is 4.00. The third kappa shape index (κ3) is 3.09. The van der Waals surface area contributed by atoms with Gasteiger partial charge in [0.2, 0.25) is 0 Å². The molecule has 0 heterocycles. The standard InChI is InChI=1S/C16H22O3/c1-4-16(3,5-2)12-8-11(15(17)18)9-14(10-12)19-13-6-7-13/h8-10,13H,4-7H2,1-3H3,(H,17,18). The number of benzene rings is 1. The van der Waals surface area contributed by atoms with Crippen LogP contribution in [0.2, 0.25) is 0 Å². The zero-order chi connectivity index (χ0) is 14.0. The van der Waals surface area contributed by atoms with Crippen LogP contribution in [0.1, 0.15) is 62.4 Å². The lowest BCUT2D eigenvalue weighted by molar-refractivity contribution is 0.0696. The van der Waals surface area contributed by atoms with Crippen molar-refractivity contribution in [1.29, 1.82) is 0 Å². The Hall–Kier alpha value is -1.51. The van der Waals surface area contributed by atoms with Crippen molar-refractivity contribution in [1.82, 2.24) is 0 Å². The number of hydrogen-bond acceptors (Lipinski definition) is 2. The number of aromatic carboxylic acids is 1. The Balaban J connectivity index is 2.40. The van der Waals surface area contributed by atoms with E-state index in [1.807, 2.05) is 6.07 Å². The third-order valence-corrected chi connectivity index (χ3v) is 4.24. The van der Waals surface area contributed by atoms with Gasteiger partial charge in [0.15, 0.2) is 0 Å². The van der Waals surface area contributed by atoms with Crippen molar-refractivity contribution in [3.8, 4) is 5.75 Å². The summed E-state index contributed by atoms with van der Waals surface area (Å²) in [6.45, 7) is 6.45. The van der Waals surface area contributed by atoms with Gasteiger partial charge in [0.1, 0.15) is 5.75 Å². The van der Waals surface area contributed by atoms with Gasteiger partial charge in [-0.3, -0.25) is 0 Å². The van der Waals surface area contributed by atoms with Crippen molar-refractivity contribution < 1.29 is 14.6 Å². The molecule has 3 heteroatoms. The summed E-state index contributed by atoms with van der Waals surface area (Å²) >= 11 is 0. The van der Waals surface area contributed by atoms with Crippen LogP contribution in [0, 0.1) is 0 Å². The van der Waals surface area contributed by atoms with Crippen LogP contribution in [0.5, 0.6) is 5.75 Å². The molecule has 0 radical (unpaired) electrons. The highest BCUT2D eigenvalue weighted by Gasteiger charge is 2.27.